The van der Waals surface area contributed by atoms with Crippen molar-refractivity contribution in [1.29, 1.82) is 0 Å². The zero-order valence-corrected chi connectivity index (χ0v) is 7.33. The summed E-state index contributed by atoms with van der Waals surface area (Å²) in [4.78, 5) is 0. The zero-order chi connectivity index (χ0) is 8.55. The van der Waals surface area contributed by atoms with Crippen molar-refractivity contribution >= 4 is 12.4 Å². The highest BCUT2D eigenvalue weighted by molar-refractivity contribution is 6.67. The van der Waals surface area contributed by atoms with E-state index in [0.717, 1.165) is 12.4 Å². The maximum atomic E-state index is 5.47. The first-order chi connectivity index (χ1) is 5.81. The summed E-state index contributed by atoms with van der Waals surface area (Å²) in [6.07, 6.45) is 0. The predicted molar refractivity (Wildman–Crippen MR) is 49.0 cm³/mol. The third-order valence-electron chi connectivity index (χ3n) is 2.28. The van der Waals surface area contributed by atoms with Crippen LogP contribution in [0.4, 0.5) is 0 Å². The number of rotatable bonds is 1. The zero-order valence-electron chi connectivity index (χ0n) is 7.33. The van der Waals surface area contributed by atoms with Gasteiger partial charge in [0.2, 0.25) is 0 Å². The fraction of sp³-hybridized carbons (Fsp3) is 0.333. The smallest absolute Gasteiger partial charge is 0.324 e. The SMILES string of the molecule is COc1ccc2c(c1)B(C)OC2. The van der Waals surface area contributed by atoms with Gasteiger partial charge in [-0.2, -0.15) is 0 Å². The quantitative estimate of drug-likeness (QED) is 0.574. The molecule has 0 saturated carbocycles. The molecule has 3 heteroatoms. The van der Waals surface area contributed by atoms with Gasteiger partial charge in [0.05, 0.1) is 13.7 Å². The molecule has 0 unspecified atom stereocenters. The molecule has 0 fully saturated rings. The van der Waals surface area contributed by atoms with Crippen molar-refractivity contribution < 1.29 is 9.39 Å². The molecule has 1 heterocycles. The van der Waals surface area contributed by atoms with Gasteiger partial charge in [-0.15, -0.1) is 0 Å². The van der Waals surface area contributed by atoms with Crippen LogP contribution in [0, 0.1) is 0 Å². The van der Waals surface area contributed by atoms with Crippen LogP contribution in [0.25, 0.3) is 0 Å². The van der Waals surface area contributed by atoms with Crippen LogP contribution in [-0.4, -0.2) is 14.0 Å². The molecule has 2 nitrogen and oxygen atoms in total. The predicted octanol–water partition coefficient (Wildman–Crippen LogP) is 1.05. The first-order valence-corrected chi connectivity index (χ1v) is 4.09. The van der Waals surface area contributed by atoms with Gasteiger partial charge >= 0.3 is 6.92 Å². The normalized spacial score (nSPS) is 14.7. The number of hydrogen-bond acceptors (Lipinski definition) is 2. The molecule has 1 aromatic carbocycles. The van der Waals surface area contributed by atoms with Gasteiger partial charge < -0.3 is 9.39 Å². The van der Waals surface area contributed by atoms with Crippen LogP contribution in [0.2, 0.25) is 6.82 Å². The molecule has 0 radical (unpaired) electrons. The van der Waals surface area contributed by atoms with Crippen LogP contribution in [-0.2, 0) is 11.3 Å². The Balaban J connectivity index is 2.43. The third-order valence-corrected chi connectivity index (χ3v) is 2.28. The molecule has 0 atom stereocenters. The van der Waals surface area contributed by atoms with Crippen molar-refractivity contribution in [2.75, 3.05) is 7.11 Å². The minimum Gasteiger partial charge on any atom is -0.497 e. The van der Waals surface area contributed by atoms with Gasteiger partial charge in [-0.25, -0.2) is 0 Å². The average Bonchev–Trinajstić information content (AvgIpc) is 2.47. The Morgan fingerprint density at radius 3 is 3.08 bits per heavy atom. The van der Waals surface area contributed by atoms with E-state index in [1.807, 2.05) is 12.1 Å². The molecule has 0 saturated heterocycles. The Morgan fingerprint density at radius 2 is 2.33 bits per heavy atom. The lowest BCUT2D eigenvalue weighted by atomic mass is 9.64. The molecule has 0 N–H and O–H groups in total. The lowest BCUT2D eigenvalue weighted by Gasteiger charge is -2.02. The van der Waals surface area contributed by atoms with Crippen LogP contribution in [0.5, 0.6) is 5.75 Å². The van der Waals surface area contributed by atoms with E-state index in [1.165, 1.54) is 11.0 Å². The van der Waals surface area contributed by atoms with Gasteiger partial charge in [0, 0.05) is 0 Å². The maximum absolute atomic E-state index is 5.47. The van der Waals surface area contributed by atoms with Gasteiger partial charge in [-0.05, 0) is 23.2 Å². The average molecular weight is 162 g/mol. The standard InChI is InChI=1S/C9H11BO2/c1-10-9-5-8(11-2)4-3-7(9)6-12-10/h3-5H,6H2,1-2H3. The van der Waals surface area contributed by atoms with Gasteiger partial charge in [-0.1, -0.05) is 12.9 Å². The van der Waals surface area contributed by atoms with Crippen molar-refractivity contribution in [2.24, 2.45) is 0 Å². The second-order valence-electron chi connectivity index (χ2n) is 3.02. The highest BCUT2D eigenvalue weighted by atomic mass is 16.5. The number of fused-ring (bicyclic) bond motifs is 1. The Hall–Kier alpha value is -0.955. The molecular weight excluding hydrogens is 151 g/mol. The molecule has 1 aromatic rings. The van der Waals surface area contributed by atoms with E-state index in [-0.39, 0.29) is 6.92 Å². The summed E-state index contributed by atoms with van der Waals surface area (Å²) in [5.41, 5.74) is 2.54. The molecular formula is C9H11BO2. The highest BCUT2D eigenvalue weighted by Gasteiger charge is 2.23. The number of benzene rings is 1. The van der Waals surface area contributed by atoms with Gasteiger partial charge in [0.25, 0.3) is 0 Å². The van der Waals surface area contributed by atoms with Crippen molar-refractivity contribution in [3.8, 4) is 5.75 Å². The van der Waals surface area contributed by atoms with E-state index in [2.05, 4.69) is 12.9 Å². The van der Waals surface area contributed by atoms with E-state index in [0.29, 0.717) is 0 Å². The number of ether oxygens (including phenoxy) is 1. The first kappa shape index (κ1) is 7.68. The second kappa shape index (κ2) is 2.83. The molecule has 0 bridgehead atoms. The van der Waals surface area contributed by atoms with Crippen LogP contribution in [0.15, 0.2) is 18.2 Å². The van der Waals surface area contributed by atoms with E-state index in [1.54, 1.807) is 7.11 Å². The van der Waals surface area contributed by atoms with Crippen molar-refractivity contribution in [2.45, 2.75) is 13.4 Å². The molecule has 0 spiro atoms. The topological polar surface area (TPSA) is 18.5 Å². The van der Waals surface area contributed by atoms with E-state index >= 15 is 0 Å². The van der Waals surface area contributed by atoms with Crippen LogP contribution in [0.3, 0.4) is 0 Å². The van der Waals surface area contributed by atoms with Crippen molar-refractivity contribution in [1.82, 2.24) is 0 Å². The van der Waals surface area contributed by atoms with Gasteiger partial charge in [0.1, 0.15) is 5.75 Å². The summed E-state index contributed by atoms with van der Waals surface area (Å²) in [7, 11) is 1.68. The summed E-state index contributed by atoms with van der Waals surface area (Å²) in [5, 5.41) is 0. The Morgan fingerprint density at radius 1 is 1.50 bits per heavy atom. The maximum Gasteiger partial charge on any atom is 0.324 e. The minimum absolute atomic E-state index is 0.218. The van der Waals surface area contributed by atoms with E-state index in [9.17, 15) is 0 Å². The van der Waals surface area contributed by atoms with Gasteiger partial charge in [0.15, 0.2) is 0 Å². The monoisotopic (exact) mass is 162 g/mol. The molecule has 62 valence electrons. The molecule has 1 aliphatic rings. The molecule has 2 rings (SSSR count). The number of hydrogen-bond donors (Lipinski definition) is 0. The van der Waals surface area contributed by atoms with E-state index in [4.69, 9.17) is 9.39 Å². The summed E-state index contributed by atoms with van der Waals surface area (Å²) in [6, 6.07) is 6.09. The van der Waals surface area contributed by atoms with E-state index < -0.39 is 0 Å². The fourth-order valence-electron chi connectivity index (χ4n) is 1.51. The first-order valence-electron chi connectivity index (χ1n) is 4.09. The number of methoxy groups -OCH3 is 1. The summed E-state index contributed by atoms with van der Waals surface area (Å²) in [5.74, 6) is 0.908. The molecule has 1 aliphatic heterocycles. The summed E-state index contributed by atoms with van der Waals surface area (Å²) < 4.78 is 10.6. The lowest BCUT2D eigenvalue weighted by molar-refractivity contribution is 0.333. The van der Waals surface area contributed by atoms with Crippen molar-refractivity contribution in [3.63, 3.8) is 0 Å². The summed E-state index contributed by atoms with van der Waals surface area (Å²) >= 11 is 0. The van der Waals surface area contributed by atoms with Crippen molar-refractivity contribution in [3.05, 3.63) is 23.8 Å². The highest BCUT2D eigenvalue weighted by Crippen LogP contribution is 2.16. The van der Waals surface area contributed by atoms with Crippen LogP contribution >= 0.6 is 0 Å². The van der Waals surface area contributed by atoms with Crippen LogP contribution < -0.4 is 10.2 Å². The lowest BCUT2D eigenvalue weighted by Crippen LogP contribution is -2.24. The molecule has 0 aromatic heterocycles. The van der Waals surface area contributed by atoms with Gasteiger partial charge in [-0.3, -0.25) is 0 Å². The van der Waals surface area contributed by atoms with Crippen LogP contribution in [0.1, 0.15) is 5.56 Å². The fourth-order valence-corrected chi connectivity index (χ4v) is 1.51. The Labute approximate surface area is 72.6 Å². The molecule has 12 heavy (non-hydrogen) atoms. The Kier molecular flexibility index (Phi) is 1.81. The minimum atomic E-state index is 0.218. The summed E-state index contributed by atoms with van der Waals surface area (Å²) in [6.45, 7) is 3.02. The molecule has 0 aliphatic carbocycles. The third kappa shape index (κ3) is 1.10. The largest absolute Gasteiger partial charge is 0.497 e. The Bertz CT molecular complexity index is 299. The second-order valence-corrected chi connectivity index (χ2v) is 3.02. The molecule has 0 amide bonds.